The number of carbonyl (C=O) groups is 2. The molecule has 2 aromatic rings. The summed E-state index contributed by atoms with van der Waals surface area (Å²) < 4.78 is 5.75. The van der Waals surface area contributed by atoms with Crippen molar-refractivity contribution < 1.29 is 14.0 Å². The molecule has 2 amide bonds. The second kappa shape index (κ2) is 4.67. The van der Waals surface area contributed by atoms with E-state index < -0.39 is 5.91 Å². The summed E-state index contributed by atoms with van der Waals surface area (Å²) in [6, 6.07) is 8.92. The highest BCUT2D eigenvalue weighted by Gasteiger charge is 2.29. The van der Waals surface area contributed by atoms with Crippen LogP contribution in [0.3, 0.4) is 0 Å². The third kappa shape index (κ3) is 2.22. The lowest BCUT2D eigenvalue weighted by atomic mass is 10.2. The van der Waals surface area contributed by atoms with Crippen LogP contribution in [-0.4, -0.2) is 26.9 Å². The molecule has 3 rings (SSSR count). The fourth-order valence-electron chi connectivity index (χ4n) is 1.71. The molecule has 0 aliphatic carbocycles. The molecule has 1 saturated heterocycles. The van der Waals surface area contributed by atoms with E-state index in [0.29, 0.717) is 9.90 Å². The van der Waals surface area contributed by atoms with E-state index in [1.165, 1.54) is 11.8 Å². The zero-order chi connectivity index (χ0) is 13.4. The Bertz CT molecular complexity index is 646. The quantitative estimate of drug-likeness (QED) is 0.857. The van der Waals surface area contributed by atoms with Crippen LogP contribution < -0.4 is 5.43 Å². The van der Waals surface area contributed by atoms with E-state index in [4.69, 9.17) is 16.6 Å². The van der Waals surface area contributed by atoms with Gasteiger partial charge in [0.1, 0.15) is 5.58 Å². The van der Waals surface area contributed by atoms with Crippen molar-refractivity contribution in [1.29, 1.82) is 0 Å². The van der Waals surface area contributed by atoms with Crippen molar-refractivity contribution in [1.82, 2.24) is 10.4 Å². The van der Waals surface area contributed by atoms with Gasteiger partial charge in [0.25, 0.3) is 5.91 Å². The van der Waals surface area contributed by atoms with E-state index in [1.54, 1.807) is 12.1 Å². The molecule has 1 fully saturated rings. The van der Waals surface area contributed by atoms with Crippen molar-refractivity contribution in [2.75, 3.05) is 5.75 Å². The molecular weight excluding hydrogens is 284 g/mol. The molecule has 1 aromatic heterocycles. The Balaban J connectivity index is 1.84. The normalized spacial score (nSPS) is 15.3. The number of carbonyl (C=O) groups excluding carboxylic acids is 2. The van der Waals surface area contributed by atoms with Crippen LogP contribution in [0.2, 0.25) is 0 Å². The van der Waals surface area contributed by atoms with Gasteiger partial charge in [-0.15, -0.1) is 0 Å². The molecule has 0 unspecified atom stereocenters. The van der Waals surface area contributed by atoms with Crippen LogP contribution in [0.1, 0.15) is 10.6 Å². The lowest BCUT2D eigenvalue weighted by molar-refractivity contribution is -0.125. The predicted octanol–water partition coefficient (Wildman–Crippen LogP) is 1.94. The Morgan fingerprint density at radius 2 is 2.21 bits per heavy atom. The molecule has 5 nitrogen and oxygen atoms in total. The SMILES string of the molecule is O=C(NN1C(=O)CSC1=S)c1cc2ccccc2o1. The number of hydrogen-bond acceptors (Lipinski definition) is 5. The number of rotatable bonds is 2. The minimum absolute atomic E-state index is 0.147. The van der Waals surface area contributed by atoms with Crippen LogP contribution in [0.25, 0.3) is 11.0 Å². The van der Waals surface area contributed by atoms with Gasteiger partial charge in [-0.2, -0.15) is 0 Å². The van der Waals surface area contributed by atoms with Crippen LogP contribution in [0.4, 0.5) is 0 Å². The summed E-state index contributed by atoms with van der Waals surface area (Å²) in [5.41, 5.74) is 3.07. The number of benzene rings is 1. The molecular formula is C12H8N2O3S2. The lowest BCUT2D eigenvalue weighted by Gasteiger charge is -2.14. The number of amides is 2. The first-order valence-electron chi connectivity index (χ1n) is 5.44. The third-order valence-corrected chi connectivity index (χ3v) is 3.97. The van der Waals surface area contributed by atoms with Crippen LogP contribution in [-0.2, 0) is 4.79 Å². The van der Waals surface area contributed by atoms with Crippen molar-refractivity contribution in [3.63, 3.8) is 0 Å². The Kier molecular flexibility index (Phi) is 3.00. The van der Waals surface area contributed by atoms with Crippen LogP contribution in [0.5, 0.6) is 0 Å². The summed E-state index contributed by atoms with van der Waals surface area (Å²) in [5.74, 6) is -0.332. The molecule has 1 N–H and O–H groups in total. The maximum absolute atomic E-state index is 12.0. The Morgan fingerprint density at radius 3 is 2.89 bits per heavy atom. The van der Waals surface area contributed by atoms with E-state index in [0.717, 1.165) is 10.4 Å². The minimum atomic E-state index is -0.491. The van der Waals surface area contributed by atoms with Crippen molar-refractivity contribution in [3.8, 4) is 0 Å². The molecule has 19 heavy (non-hydrogen) atoms. The molecule has 0 spiro atoms. The first-order chi connectivity index (χ1) is 9.15. The highest BCUT2D eigenvalue weighted by Crippen LogP contribution is 2.20. The van der Waals surface area contributed by atoms with Crippen LogP contribution >= 0.6 is 24.0 Å². The highest BCUT2D eigenvalue weighted by atomic mass is 32.2. The number of hydrazine groups is 1. The second-order valence-electron chi connectivity index (χ2n) is 3.87. The molecule has 1 aliphatic heterocycles. The summed E-state index contributed by atoms with van der Waals surface area (Å²) in [7, 11) is 0. The average Bonchev–Trinajstić information content (AvgIpc) is 2.97. The third-order valence-electron chi connectivity index (χ3n) is 2.61. The number of furan rings is 1. The van der Waals surface area contributed by atoms with Crippen molar-refractivity contribution in [2.24, 2.45) is 0 Å². The summed E-state index contributed by atoms with van der Waals surface area (Å²) in [6.45, 7) is 0. The Hall–Kier alpha value is -1.86. The highest BCUT2D eigenvalue weighted by molar-refractivity contribution is 8.23. The van der Waals surface area contributed by atoms with Gasteiger partial charge in [0.05, 0.1) is 5.75 Å². The zero-order valence-electron chi connectivity index (χ0n) is 9.58. The monoisotopic (exact) mass is 292 g/mol. The first-order valence-corrected chi connectivity index (χ1v) is 6.84. The van der Waals surface area contributed by atoms with E-state index in [1.807, 2.05) is 18.2 Å². The van der Waals surface area contributed by atoms with Crippen LogP contribution in [0, 0.1) is 0 Å². The molecule has 1 aromatic carbocycles. The van der Waals surface area contributed by atoms with E-state index >= 15 is 0 Å². The zero-order valence-corrected chi connectivity index (χ0v) is 11.2. The molecule has 0 atom stereocenters. The van der Waals surface area contributed by atoms with Gasteiger partial charge >= 0.3 is 5.91 Å². The number of thioether (sulfide) groups is 1. The van der Waals surface area contributed by atoms with Gasteiger partial charge in [0.2, 0.25) is 0 Å². The summed E-state index contributed by atoms with van der Waals surface area (Å²) in [4.78, 5) is 23.5. The first kappa shape index (κ1) is 12.2. The second-order valence-corrected chi connectivity index (χ2v) is 5.48. The van der Waals surface area contributed by atoms with Gasteiger partial charge in [-0.05, 0) is 12.1 Å². The number of nitrogens with zero attached hydrogens (tertiary/aromatic N) is 1. The average molecular weight is 292 g/mol. The largest absolute Gasteiger partial charge is 0.451 e. The van der Waals surface area contributed by atoms with E-state index in [9.17, 15) is 9.59 Å². The smallest absolute Gasteiger partial charge is 0.305 e. The molecule has 7 heteroatoms. The number of fused-ring (bicyclic) bond motifs is 1. The van der Waals surface area contributed by atoms with Gasteiger partial charge in [0, 0.05) is 5.39 Å². The number of para-hydroxylation sites is 1. The fraction of sp³-hybridized carbons (Fsp3) is 0.0833. The summed E-state index contributed by atoms with van der Waals surface area (Å²) in [6.07, 6.45) is 0. The number of nitrogens with one attached hydrogen (secondary N) is 1. The lowest BCUT2D eigenvalue weighted by Crippen LogP contribution is -2.44. The number of hydrogen-bond donors (Lipinski definition) is 1. The molecule has 0 saturated carbocycles. The van der Waals surface area contributed by atoms with Crippen LogP contribution in [0.15, 0.2) is 34.7 Å². The van der Waals surface area contributed by atoms with E-state index in [-0.39, 0.29) is 17.4 Å². The maximum Gasteiger partial charge on any atom is 0.305 e. The standard InChI is InChI=1S/C12H8N2O3S2/c15-10-6-19-12(18)14(10)13-11(16)9-5-7-3-1-2-4-8(7)17-9/h1-5H,6H2,(H,13,16). The topological polar surface area (TPSA) is 62.6 Å². The van der Waals surface area contributed by atoms with Crippen molar-refractivity contribution in [3.05, 3.63) is 36.1 Å². The van der Waals surface area contributed by atoms with Gasteiger partial charge in [-0.1, -0.05) is 42.2 Å². The maximum atomic E-state index is 12.0. The fourth-order valence-corrected chi connectivity index (χ4v) is 2.69. The van der Waals surface area contributed by atoms with Crippen molar-refractivity contribution in [2.45, 2.75) is 0 Å². The van der Waals surface area contributed by atoms with Gasteiger partial charge in [-0.25, -0.2) is 5.01 Å². The molecule has 96 valence electrons. The molecule has 0 radical (unpaired) electrons. The van der Waals surface area contributed by atoms with Gasteiger partial charge in [-0.3, -0.25) is 15.0 Å². The van der Waals surface area contributed by atoms with Gasteiger partial charge < -0.3 is 4.42 Å². The van der Waals surface area contributed by atoms with Gasteiger partial charge in [0.15, 0.2) is 10.1 Å². The summed E-state index contributed by atoms with van der Waals surface area (Å²) >= 11 is 6.19. The van der Waals surface area contributed by atoms with Crippen molar-refractivity contribution >= 4 is 51.1 Å². The molecule has 2 heterocycles. The molecule has 0 bridgehead atoms. The summed E-state index contributed by atoms with van der Waals surface area (Å²) in [5, 5.41) is 1.91. The number of thiocarbonyl (C=S) groups is 1. The Morgan fingerprint density at radius 1 is 1.42 bits per heavy atom. The Labute approximate surface area is 117 Å². The predicted molar refractivity (Wildman–Crippen MR) is 75.6 cm³/mol. The minimum Gasteiger partial charge on any atom is -0.451 e. The molecule has 1 aliphatic rings. The van der Waals surface area contributed by atoms with E-state index in [2.05, 4.69) is 5.43 Å².